The second-order valence-corrected chi connectivity index (χ2v) is 9.27. The molecule has 116 valence electrons. The maximum atomic E-state index is 12.0. The predicted molar refractivity (Wildman–Crippen MR) is 87.0 cm³/mol. The van der Waals surface area contributed by atoms with Crippen molar-refractivity contribution in [3.63, 3.8) is 0 Å². The number of amides is 1. The average Bonchev–Trinajstić information content (AvgIpc) is 2.62. The Morgan fingerprint density at radius 3 is 2.52 bits per heavy atom. The van der Waals surface area contributed by atoms with Crippen molar-refractivity contribution >= 4 is 50.7 Å². The Hall–Kier alpha value is -0.430. The average molecular weight is 368 g/mol. The van der Waals surface area contributed by atoms with Gasteiger partial charge in [0.25, 0.3) is 0 Å². The van der Waals surface area contributed by atoms with E-state index in [1.165, 1.54) is 11.8 Å². The van der Waals surface area contributed by atoms with Crippen LogP contribution < -0.4 is 5.32 Å². The van der Waals surface area contributed by atoms with E-state index in [0.717, 1.165) is 0 Å². The molecule has 1 heterocycles. The number of thioether (sulfide) groups is 1. The molecule has 0 unspecified atom stereocenters. The lowest BCUT2D eigenvalue weighted by Gasteiger charge is -2.23. The molecule has 1 aliphatic heterocycles. The Balaban J connectivity index is 1.94. The lowest BCUT2D eigenvalue weighted by Crippen LogP contribution is -2.47. The molecule has 1 saturated heterocycles. The van der Waals surface area contributed by atoms with E-state index < -0.39 is 15.4 Å². The van der Waals surface area contributed by atoms with Crippen LogP contribution in [0, 0.1) is 0 Å². The van der Waals surface area contributed by atoms with Crippen molar-refractivity contribution in [2.75, 3.05) is 17.3 Å². The summed E-state index contributed by atoms with van der Waals surface area (Å²) in [6.45, 7) is 1.75. The number of benzene rings is 1. The molecule has 1 aromatic rings. The SMILES string of the molecule is C[C@@]1(NC(=O)CSc2c(Cl)cccc2Cl)CCS(=O)(=O)C1. The first-order chi connectivity index (χ1) is 9.71. The maximum Gasteiger partial charge on any atom is 0.230 e. The molecule has 8 heteroatoms. The Morgan fingerprint density at radius 2 is 2.00 bits per heavy atom. The molecule has 1 amide bonds. The predicted octanol–water partition coefficient (Wildman–Crippen LogP) is 2.78. The highest BCUT2D eigenvalue weighted by Crippen LogP contribution is 2.33. The number of halogens is 2. The summed E-state index contributed by atoms with van der Waals surface area (Å²) in [5.74, 6) is 0.0193. The van der Waals surface area contributed by atoms with Crippen LogP contribution in [-0.2, 0) is 14.6 Å². The normalized spacial score (nSPS) is 24.0. The molecule has 1 aromatic carbocycles. The van der Waals surface area contributed by atoms with Crippen LogP contribution in [0.25, 0.3) is 0 Å². The van der Waals surface area contributed by atoms with Crippen LogP contribution in [0.5, 0.6) is 0 Å². The van der Waals surface area contributed by atoms with Crippen molar-refractivity contribution in [2.45, 2.75) is 23.8 Å². The standard InChI is InChI=1S/C13H15Cl2NO3S2/c1-13(5-6-21(18,19)8-13)16-11(17)7-20-12-9(14)3-2-4-10(12)15/h2-4H,5-8H2,1H3,(H,16,17)/t13-/m1/s1. The van der Waals surface area contributed by atoms with E-state index in [1.807, 2.05) is 0 Å². The molecular weight excluding hydrogens is 353 g/mol. The zero-order chi connectivity index (χ0) is 15.7. The van der Waals surface area contributed by atoms with E-state index in [-0.39, 0.29) is 23.2 Å². The number of nitrogens with one attached hydrogen (secondary N) is 1. The molecule has 1 atom stereocenters. The third kappa shape index (κ3) is 4.52. The van der Waals surface area contributed by atoms with Gasteiger partial charge in [-0.3, -0.25) is 4.79 Å². The van der Waals surface area contributed by atoms with Gasteiger partial charge in [-0.25, -0.2) is 8.42 Å². The number of sulfone groups is 1. The maximum absolute atomic E-state index is 12.0. The Kier molecular flexibility index (Phi) is 5.13. The summed E-state index contributed by atoms with van der Waals surface area (Å²) >= 11 is 13.3. The number of carbonyl (C=O) groups is 1. The molecule has 1 fully saturated rings. The summed E-state index contributed by atoms with van der Waals surface area (Å²) in [7, 11) is -3.04. The van der Waals surface area contributed by atoms with E-state index in [1.54, 1.807) is 25.1 Å². The molecule has 0 aliphatic carbocycles. The van der Waals surface area contributed by atoms with Gasteiger partial charge in [0, 0.05) is 4.90 Å². The van der Waals surface area contributed by atoms with E-state index in [0.29, 0.717) is 21.4 Å². The highest BCUT2D eigenvalue weighted by molar-refractivity contribution is 8.00. The van der Waals surface area contributed by atoms with Crippen LogP contribution in [0.3, 0.4) is 0 Å². The van der Waals surface area contributed by atoms with Crippen molar-refractivity contribution in [1.82, 2.24) is 5.32 Å². The molecule has 1 N–H and O–H groups in total. The molecular formula is C13H15Cl2NO3S2. The van der Waals surface area contributed by atoms with Crippen LogP contribution >= 0.6 is 35.0 Å². The van der Waals surface area contributed by atoms with Crippen LogP contribution in [0.2, 0.25) is 10.0 Å². The Bertz CT molecular complexity index is 643. The van der Waals surface area contributed by atoms with Crippen molar-refractivity contribution in [3.8, 4) is 0 Å². The van der Waals surface area contributed by atoms with Gasteiger partial charge >= 0.3 is 0 Å². The Morgan fingerprint density at radius 1 is 1.38 bits per heavy atom. The second-order valence-electron chi connectivity index (χ2n) is 5.29. The molecule has 21 heavy (non-hydrogen) atoms. The zero-order valence-electron chi connectivity index (χ0n) is 11.4. The summed E-state index contributed by atoms with van der Waals surface area (Å²) < 4.78 is 23.0. The number of hydrogen-bond donors (Lipinski definition) is 1. The van der Waals surface area contributed by atoms with E-state index in [4.69, 9.17) is 23.2 Å². The smallest absolute Gasteiger partial charge is 0.230 e. The van der Waals surface area contributed by atoms with Crippen molar-refractivity contribution < 1.29 is 13.2 Å². The molecule has 0 radical (unpaired) electrons. The molecule has 1 aliphatic rings. The summed E-state index contributed by atoms with van der Waals surface area (Å²) in [6.07, 6.45) is 0.443. The van der Waals surface area contributed by atoms with Gasteiger partial charge in [0.15, 0.2) is 9.84 Å². The van der Waals surface area contributed by atoms with Gasteiger partial charge in [0.1, 0.15) is 0 Å². The monoisotopic (exact) mass is 367 g/mol. The molecule has 0 saturated carbocycles. The summed E-state index contributed by atoms with van der Waals surface area (Å²) in [6, 6.07) is 5.15. The van der Waals surface area contributed by atoms with Gasteiger partial charge < -0.3 is 5.32 Å². The summed E-state index contributed by atoms with van der Waals surface area (Å²) in [5.41, 5.74) is -0.680. The van der Waals surface area contributed by atoms with Gasteiger partial charge in [0.2, 0.25) is 5.91 Å². The molecule has 2 rings (SSSR count). The first kappa shape index (κ1) is 16.9. The highest BCUT2D eigenvalue weighted by Gasteiger charge is 2.39. The fraction of sp³-hybridized carbons (Fsp3) is 0.462. The van der Waals surface area contributed by atoms with Crippen molar-refractivity contribution in [3.05, 3.63) is 28.2 Å². The minimum absolute atomic E-state index is 0.0107. The minimum Gasteiger partial charge on any atom is -0.349 e. The molecule has 0 spiro atoms. The van der Waals surface area contributed by atoms with Gasteiger partial charge in [0.05, 0.1) is 32.8 Å². The van der Waals surface area contributed by atoms with Crippen LogP contribution in [0.15, 0.2) is 23.1 Å². The van der Waals surface area contributed by atoms with Gasteiger partial charge in [-0.2, -0.15) is 0 Å². The first-order valence-electron chi connectivity index (χ1n) is 6.29. The third-order valence-electron chi connectivity index (χ3n) is 3.21. The molecule has 4 nitrogen and oxygen atoms in total. The molecule has 0 aromatic heterocycles. The van der Waals surface area contributed by atoms with Crippen LogP contribution in [-0.4, -0.2) is 37.1 Å². The summed E-state index contributed by atoms with van der Waals surface area (Å²) in [4.78, 5) is 12.7. The zero-order valence-corrected chi connectivity index (χ0v) is 14.5. The molecule has 0 bridgehead atoms. The number of carbonyl (C=O) groups excluding carboxylic acids is 1. The van der Waals surface area contributed by atoms with Crippen molar-refractivity contribution in [1.29, 1.82) is 0 Å². The topological polar surface area (TPSA) is 63.2 Å². The van der Waals surface area contributed by atoms with Gasteiger partial charge in [-0.1, -0.05) is 29.3 Å². The lowest BCUT2D eigenvalue weighted by atomic mass is 10.0. The van der Waals surface area contributed by atoms with Crippen molar-refractivity contribution in [2.24, 2.45) is 0 Å². The third-order valence-corrected chi connectivity index (χ3v) is 7.10. The fourth-order valence-electron chi connectivity index (χ4n) is 2.24. The lowest BCUT2D eigenvalue weighted by molar-refractivity contribution is -0.120. The second kappa shape index (κ2) is 6.36. The van der Waals surface area contributed by atoms with E-state index in [2.05, 4.69) is 5.32 Å². The number of rotatable bonds is 4. The van der Waals surface area contributed by atoms with E-state index >= 15 is 0 Å². The largest absolute Gasteiger partial charge is 0.349 e. The fourth-order valence-corrected chi connectivity index (χ4v) is 5.82. The number of hydrogen-bond acceptors (Lipinski definition) is 4. The van der Waals surface area contributed by atoms with Crippen LogP contribution in [0.4, 0.5) is 0 Å². The summed E-state index contributed by atoms with van der Waals surface area (Å²) in [5, 5.41) is 3.79. The Labute approximate surface area is 138 Å². The minimum atomic E-state index is -3.04. The first-order valence-corrected chi connectivity index (χ1v) is 9.85. The van der Waals surface area contributed by atoms with Crippen LogP contribution in [0.1, 0.15) is 13.3 Å². The quantitative estimate of drug-likeness (QED) is 0.831. The highest BCUT2D eigenvalue weighted by atomic mass is 35.5. The van der Waals surface area contributed by atoms with E-state index in [9.17, 15) is 13.2 Å². The van der Waals surface area contributed by atoms with Gasteiger partial charge in [-0.05, 0) is 25.5 Å². The van der Waals surface area contributed by atoms with Gasteiger partial charge in [-0.15, -0.1) is 11.8 Å².